The molecule has 0 saturated heterocycles. The Hall–Kier alpha value is -3.26. The summed E-state index contributed by atoms with van der Waals surface area (Å²) in [5.41, 5.74) is 2.35. The van der Waals surface area contributed by atoms with Gasteiger partial charge < -0.3 is 23.8 Å². The minimum atomic E-state index is -1.95. The first-order chi connectivity index (χ1) is 15.7. The zero-order valence-electron chi connectivity index (χ0n) is 20.4. The van der Waals surface area contributed by atoms with E-state index in [2.05, 4.69) is 24.3 Å². The Morgan fingerprint density at radius 3 is 2.48 bits per heavy atom. The molecule has 33 heavy (non-hydrogen) atoms. The Balaban J connectivity index is 2.17. The van der Waals surface area contributed by atoms with Crippen molar-refractivity contribution in [1.29, 1.82) is 0 Å². The van der Waals surface area contributed by atoms with E-state index in [9.17, 15) is 4.79 Å². The second-order valence-electron chi connectivity index (χ2n) is 8.05. The van der Waals surface area contributed by atoms with Gasteiger partial charge in [0.05, 0.1) is 26.5 Å². The molecule has 0 spiro atoms. The van der Waals surface area contributed by atoms with Crippen LogP contribution >= 0.6 is 0 Å². The fourth-order valence-electron chi connectivity index (χ4n) is 3.10. The number of oxime groups is 1. The SMILES string of the molecule is CCOc1ccccc1[Si](C)(C)CON=C(C)c1ccc(C)c(OC(=COC)C(=O)OC)c1. The molecule has 2 aromatic carbocycles. The molecule has 2 rings (SSSR count). The fraction of sp³-hybridized carbons (Fsp3) is 0.360. The van der Waals surface area contributed by atoms with Crippen molar-refractivity contribution in [2.24, 2.45) is 5.16 Å². The van der Waals surface area contributed by atoms with Crippen LogP contribution in [0.4, 0.5) is 0 Å². The third kappa shape index (κ3) is 7.11. The number of hydrogen-bond donors (Lipinski definition) is 0. The number of ether oxygens (including phenoxy) is 4. The smallest absolute Gasteiger partial charge is 0.377 e. The maximum Gasteiger partial charge on any atom is 0.377 e. The van der Waals surface area contributed by atoms with Crippen molar-refractivity contribution in [3.63, 3.8) is 0 Å². The Morgan fingerprint density at radius 2 is 1.82 bits per heavy atom. The number of methoxy groups -OCH3 is 2. The van der Waals surface area contributed by atoms with Gasteiger partial charge in [0.25, 0.3) is 0 Å². The van der Waals surface area contributed by atoms with Crippen LogP contribution in [0.25, 0.3) is 0 Å². The summed E-state index contributed by atoms with van der Waals surface area (Å²) in [5.74, 6) is 0.726. The molecule has 0 unspecified atom stereocenters. The highest BCUT2D eigenvalue weighted by Crippen LogP contribution is 2.23. The number of aryl methyl sites for hydroxylation is 1. The molecule has 2 aromatic rings. The second-order valence-corrected chi connectivity index (χ2v) is 12.7. The number of nitrogens with zero attached hydrogens (tertiary/aromatic N) is 1. The van der Waals surface area contributed by atoms with Crippen LogP contribution in [0.15, 0.2) is 59.6 Å². The van der Waals surface area contributed by atoms with E-state index in [1.165, 1.54) is 25.7 Å². The van der Waals surface area contributed by atoms with Gasteiger partial charge in [-0.25, -0.2) is 4.79 Å². The topological polar surface area (TPSA) is 75.6 Å². The molecule has 0 fully saturated rings. The first-order valence-electron chi connectivity index (χ1n) is 10.7. The van der Waals surface area contributed by atoms with Gasteiger partial charge >= 0.3 is 5.97 Å². The minimum absolute atomic E-state index is 0.0493. The first kappa shape index (κ1) is 26.0. The molecule has 0 N–H and O–H groups in total. The largest absolute Gasteiger partial charge is 0.500 e. The summed E-state index contributed by atoms with van der Waals surface area (Å²) in [7, 11) is 0.765. The lowest BCUT2D eigenvalue weighted by Crippen LogP contribution is -2.46. The number of para-hydroxylation sites is 1. The predicted molar refractivity (Wildman–Crippen MR) is 132 cm³/mol. The molecule has 0 aromatic heterocycles. The maximum atomic E-state index is 11.9. The van der Waals surface area contributed by atoms with Crippen molar-refractivity contribution in [2.45, 2.75) is 33.9 Å². The van der Waals surface area contributed by atoms with Gasteiger partial charge in [-0.1, -0.05) is 48.6 Å². The molecule has 0 saturated carbocycles. The van der Waals surface area contributed by atoms with Crippen molar-refractivity contribution in [3.8, 4) is 11.5 Å². The number of esters is 1. The van der Waals surface area contributed by atoms with E-state index in [0.717, 1.165) is 16.9 Å². The van der Waals surface area contributed by atoms with Gasteiger partial charge in [0.2, 0.25) is 5.76 Å². The molecular formula is C25H33NO6Si. The fourth-order valence-corrected chi connectivity index (χ4v) is 5.02. The number of benzene rings is 2. The number of carbonyl (C=O) groups excluding carboxylic acids is 1. The van der Waals surface area contributed by atoms with E-state index in [1.807, 2.05) is 51.1 Å². The molecule has 0 aliphatic heterocycles. The predicted octanol–water partition coefficient (Wildman–Crippen LogP) is 4.33. The molecular weight excluding hydrogens is 438 g/mol. The van der Waals surface area contributed by atoms with Crippen molar-refractivity contribution in [2.75, 3.05) is 27.1 Å². The molecule has 0 atom stereocenters. The van der Waals surface area contributed by atoms with E-state index in [4.69, 9.17) is 23.8 Å². The Morgan fingerprint density at radius 1 is 1.09 bits per heavy atom. The van der Waals surface area contributed by atoms with Crippen molar-refractivity contribution in [3.05, 3.63) is 65.6 Å². The molecule has 0 bridgehead atoms. The van der Waals surface area contributed by atoms with E-state index < -0.39 is 14.0 Å². The highest BCUT2D eigenvalue weighted by atomic mass is 28.3. The van der Waals surface area contributed by atoms with E-state index in [1.54, 1.807) is 6.07 Å². The molecule has 7 nitrogen and oxygen atoms in total. The maximum absolute atomic E-state index is 11.9. The molecule has 0 amide bonds. The average molecular weight is 472 g/mol. The number of carbonyl (C=O) groups is 1. The van der Waals surface area contributed by atoms with Crippen LogP contribution in [0, 0.1) is 6.92 Å². The van der Waals surface area contributed by atoms with Crippen LogP contribution in [0.2, 0.25) is 13.1 Å². The Labute approximate surface area is 197 Å². The van der Waals surface area contributed by atoms with E-state index in [0.29, 0.717) is 24.3 Å². The quantitative estimate of drug-likeness (QED) is 0.121. The van der Waals surface area contributed by atoms with Gasteiger partial charge in [-0.3, -0.25) is 0 Å². The Bertz CT molecular complexity index is 1020. The summed E-state index contributed by atoms with van der Waals surface area (Å²) in [6.07, 6.45) is 1.71. The summed E-state index contributed by atoms with van der Waals surface area (Å²) in [4.78, 5) is 17.7. The van der Waals surface area contributed by atoms with Crippen LogP contribution in [-0.2, 0) is 19.1 Å². The summed E-state index contributed by atoms with van der Waals surface area (Å²) in [5, 5.41) is 5.54. The summed E-state index contributed by atoms with van der Waals surface area (Å²) >= 11 is 0. The van der Waals surface area contributed by atoms with Gasteiger partial charge in [0.1, 0.15) is 32.1 Å². The van der Waals surface area contributed by atoms with Gasteiger partial charge in [-0.15, -0.1) is 0 Å². The third-order valence-corrected chi connectivity index (χ3v) is 7.70. The normalized spacial score (nSPS) is 12.2. The molecule has 178 valence electrons. The molecule has 0 aliphatic rings. The summed E-state index contributed by atoms with van der Waals surface area (Å²) in [6, 6.07) is 13.7. The van der Waals surface area contributed by atoms with Gasteiger partial charge in [-0.2, -0.15) is 0 Å². The molecule has 0 heterocycles. The second kappa shape index (κ2) is 12.1. The summed E-state index contributed by atoms with van der Waals surface area (Å²) in [6.45, 7) is 10.8. The minimum Gasteiger partial charge on any atom is -0.500 e. The lowest BCUT2D eigenvalue weighted by Gasteiger charge is -2.24. The zero-order chi connectivity index (χ0) is 24.4. The van der Waals surface area contributed by atoms with Gasteiger partial charge in [0.15, 0.2) is 0 Å². The molecule has 8 heteroatoms. The third-order valence-electron chi connectivity index (χ3n) is 4.98. The molecule has 0 aliphatic carbocycles. The van der Waals surface area contributed by atoms with Crippen LogP contribution in [-0.4, -0.2) is 46.8 Å². The molecule has 0 radical (unpaired) electrons. The van der Waals surface area contributed by atoms with Crippen LogP contribution in [0.3, 0.4) is 0 Å². The average Bonchev–Trinajstić information content (AvgIpc) is 2.79. The van der Waals surface area contributed by atoms with Crippen molar-refractivity contribution in [1.82, 2.24) is 0 Å². The van der Waals surface area contributed by atoms with Crippen LogP contribution < -0.4 is 14.7 Å². The Kier molecular flexibility index (Phi) is 9.53. The van der Waals surface area contributed by atoms with E-state index >= 15 is 0 Å². The highest BCUT2D eigenvalue weighted by molar-refractivity contribution is 6.90. The number of hydrogen-bond acceptors (Lipinski definition) is 7. The van der Waals surface area contributed by atoms with Gasteiger partial charge in [0, 0.05) is 5.56 Å². The van der Waals surface area contributed by atoms with Crippen molar-refractivity contribution < 1.29 is 28.6 Å². The standard InChI is InChI=1S/C25H33NO6Si/c1-8-30-21-11-9-10-12-24(21)33(6,7)17-31-26-19(3)20-14-13-18(2)22(15-20)32-23(16-28-4)25(27)29-5/h9-16H,8,17H2,1-7H3. The van der Waals surface area contributed by atoms with Gasteiger partial charge in [-0.05, 0) is 43.7 Å². The lowest BCUT2D eigenvalue weighted by atomic mass is 10.1. The number of rotatable bonds is 11. The van der Waals surface area contributed by atoms with Crippen molar-refractivity contribution >= 4 is 24.9 Å². The van der Waals surface area contributed by atoms with Crippen LogP contribution in [0.5, 0.6) is 11.5 Å². The monoisotopic (exact) mass is 471 g/mol. The lowest BCUT2D eigenvalue weighted by molar-refractivity contribution is -0.138. The van der Waals surface area contributed by atoms with Crippen LogP contribution in [0.1, 0.15) is 25.0 Å². The summed E-state index contributed by atoms with van der Waals surface area (Å²) < 4.78 is 21.2. The highest BCUT2D eigenvalue weighted by Gasteiger charge is 2.28. The van der Waals surface area contributed by atoms with E-state index in [-0.39, 0.29) is 5.76 Å². The first-order valence-corrected chi connectivity index (χ1v) is 13.9. The zero-order valence-corrected chi connectivity index (χ0v) is 21.4.